The summed E-state index contributed by atoms with van der Waals surface area (Å²) in [7, 11) is 1.57. The van der Waals surface area contributed by atoms with Gasteiger partial charge in [-0.05, 0) is 80.5 Å². The summed E-state index contributed by atoms with van der Waals surface area (Å²) in [5, 5.41) is 3.55. The van der Waals surface area contributed by atoms with Crippen molar-refractivity contribution in [1.82, 2.24) is 4.90 Å². The molecule has 6 nitrogen and oxygen atoms in total. The van der Waals surface area contributed by atoms with Gasteiger partial charge in [0.25, 0.3) is 5.91 Å². The third-order valence-electron chi connectivity index (χ3n) is 7.40. The molecule has 0 spiro atoms. The van der Waals surface area contributed by atoms with Crippen molar-refractivity contribution in [2.24, 2.45) is 11.7 Å². The summed E-state index contributed by atoms with van der Waals surface area (Å²) in [5.41, 5.74) is 8.15. The number of hydrogen-bond acceptors (Lipinski definition) is 4. The molecule has 0 radical (unpaired) electrons. The zero-order valence-corrected chi connectivity index (χ0v) is 21.2. The second-order valence-corrected chi connectivity index (χ2v) is 10.3. The lowest BCUT2D eigenvalue weighted by molar-refractivity contribution is -0.140. The second-order valence-electron chi connectivity index (χ2n) is 9.86. The number of rotatable bonds is 7. The highest BCUT2D eigenvalue weighted by molar-refractivity contribution is 6.31. The Morgan fingerprint density at radius 2 is 1.77 bits per heavy atom. The van der Waals surface area contributed by atoms with E-state index in [2.05, 4.69) is 10.2 Å². The van der Waals surface area contributed by atoms with E-state index in [0.29, 0.717) is 28.6 Å². The molecule has 2 aromatic carbocycles. The van der Waals surface area contributed by atoms with Gasteiger partial charge in [0.05, 0.1) is 7.11 Å². The first kappa shape index (κ1) is 25.5. The Bertz CT molecular complexity index is 1030. The van der Waals surface area contributed by atoms with E-state index in [9.17, 15) is 9.59 Å². The summed E-state index contributed by atoms with van der Waals surface area (Å²) in [4.78, 5) is 28.5. The molecule has 2 saturated carbocycles. The van der Waals surface area contributed by atoms with Gasteiger partial charge in [-0.1, -0.05) is 36.9 Å². The van der Waals surface area contributed by atoms with Crippen LogP contribution in [0.15, 0.2) is 42.5 Å². The Morgan fingerprint density at radius 1 is 1.03 bits per heavy atom. The molecule has 0 atom stereocenters. The van der Waals surface area contributed by atoms with Crippen LogP contribution in [0.4, 0.5) is 5.69 Å². The number of amides is 2. The Balaban J connectivity index is 1.53. The van der Waals surface area contributed by atoms with Gasteiger partial charge in [0.2, 0.25) is 5.91 Å². The molecule has 3 N–H and O–H groups in total. The summed E-state index contributed by atoms with van der Waals surface area (Å²) < 4.78 is 5.23. The van der Waals surface area contributed by atoms with E-state index in [4.69, 9.17) is 22.1 Å². The molecule has 2 aliphatic rings. The predicted molar refractivity (Wildman–Crippen MR) is 140 cm³/mol. The molecule has 188 valence electrons. The molecule has 0 aromatic heterocycles. The number of nitrogens with one attached hydrogen (secondary N) is 1. The summed E-state index contributed by atoms with van der Waals surface area (Å²) in [5.74, 6) is 0.730. The van der Waals surface area contributed by atoms with Crippen LogP contribution in [0.5, 0.6) is 5.75 Å². The summed E-state index contributed by atoms with van der Waals surface area (Å²) in [6.07, 6.45) is 9.08. The molecule has 2 amide bonds. The molecule has 0 unspecified atom stereocenters. The van der Waals surface area contributed by atoms with Crippen LogP contribution in [0, 0.1) is 5.92 Å². The average Bonchev–Trinajstić information content (AvgIpc) is 2.89. The maximum atomic E-state index is 13.7. The first-order valence-electron chi connectivity index (χ1n) is 12.7. The molecule has 0 heterocycles. The van der Waals surface area contributed by atoms with Crippen molar-refractivity contribution in [3.05, 3.63) is 58.6 Å². The van der Waals surface area contributed by atoms with E-state index in [1.54, 1.807) is 43.5 Å². The number of nitrogens with two attached hydrogens (primary N) is 1. The maximum absolute atomic E-state index is 13.7. The van der Waals surface area contributed by atoms with Crippen LogP contribution in [0.1, 0.15) is 73.7 Å². The first-order chi connectivity index (χ1) is 16.9. The van der Waals surface area contributed by atoms with Crippen molar-refractivity contribution < 1.29 is 14.3 Å². The van der Waals surface area contributed by atoms with E-state index in [1.165, 1.54) is 6.42 Å². The topological polar surface area (TPSA) is 84.7 Å². The molecule has 4 rings (SSSR count). The highest BCUT2D eigenvalue weighted by Crippen LogP contribution is 2.32. The van der Waals surface area contributed by atoms with Crippen LogP contribution in [-0.4, -0.2) is 35.9 Å². The normalized spacial score (nSPS) is 20.8. The van der Waals surface area contributed by atoms with Gasteiger partial charge in [0.1, 0.15) is 5.75 Å². The minimum Gasteiger partial charge on any atom is -0.497 e. The van der Waals surface area contributed by atoms with Crippen molar-refractivity contribution in [2.45, 2.75) is 76.4 Å². The van der Waals surface area contributed by atoms with E-state index in [-0.39, 0.29) is 29.8 Å². The average molecular weight is 498 g/mol. The summed E-state index contributed by atoms with van der Waals surface area (Å²) in [6.45, 7) is 0.441. The van der Waals surface area contributed by atoms with Gasteiger partial charge in [-0.3, -0.25) is 9.59 Å². The SMILES string of the molecule is COc1cccc(C(=O)Nc2ccc(Cl)c(CN(C(=O)C3CCCCC3)C3CCC(N)CC3)c2)c1. The molecule has 0 aliphatic heterocycles. The number of benzene rings is 2. The number of ether oxygens (including phenoxy) is 1. The molecule has 0 saturated heterocycles. The van der Waals surface area contributed by atoms with Crippen molar-refractivity contribution in [1.29, 1.82) is 0 Å². The lowest BCUT2D eigenvalue weighted by Crippen LogP contribution is -2.46. The molecule has 2 aliphatic carbocycles. The van der Waals surface area contributed by atoms with E-state index in [1.807, 2.05) is 6.07 Å². The number of hydrogen-bond donors (Lipinski definition) is 2. The zero-order chi connectivity index (χ0) is 24.8. The largest absolute Gasteiger partial charge is 0.497 e. The fourth-order valence-corrected chi connectivity index (χ4v) is 5.49. The highest BCUT2D eigenvalue weighted by atomic mass is 35.5. The number of carbonyl (C=O) groups excluding carboxylic acids is 2. The van der Waals surface area contributed by atoms with Crippen LogP contribution in [0.2, 0.25) is 5.02 Å². The molecule has 2 aromatic rings. The zero-order valence-electron chi connectivity index (χ0n) is 20.5. The third-order valence-corrected chi connectivity index (χ3v) is 7.76. The lowest BCUT2D eigenvalue weighted by atomic mass is 9.85. The van der Waals surface area contributed by atoms with Gasteiger partial charge in [0.15, 0.2) is 0 Å². The molecule has 0 bridgehead atoms. The molecular weight excluding hydrogens is 462 g/mol. The van der Waals surface area contributed by atoms with Crippen LogP contribution in [0.3, 0.4) is 0 Å². The van der Waals surface area contributed by atoms with E-state index < -0.39 is 0 Å². The Kier molecular flexibility index (Phi) is 8.69. The van der Waals surface area contributed by atoms with E-state index >= 15 is 0 Å². The highest BCUT2D eigenvalue weighted by Gasteiger charge is 2.33. The van der Waals surface area contributed by atoms with Crippen LogP contribution in [-0.2, 0) is 11.3 Å². The molecule has 2 fully saturated rings. The van der Waals surface area contributed by atoms with Crippen molar-refractivity contribution in [3.63, 3.8) is 0 Å². The van der Waals surface area contributed by atoms with Gasteiger partial charge in [-0.15, -0.1) is 0 Å². The third kappa shape index (κ3) is 6.56. The monoisotopic (exact) mass is 497 g/mol. The van der Waals surface area contributed by atoms with Crippen molar-refractivity contribution >= 4 is 29.1 Å². The number of carbonyl (C=O) groups is 2. The number of methoxy groups -OCH3 is 1. The number of halogens is 1. The smallest absolute Gasteiger partial charge is 0.255 e. The summed E-state index contributed by atoms with van der Waals surface area (Å²) >= 11 is 6.60. The molecule has 7 heteroatoms. The van der Waals surface area contributed by atoms with Crippen molar-refractivity contribution in [3.8, 4) is 5.75 Å². The summed E-state index contributed by atoms with van der Waals surface area (Å²) in [6, 6.07) is 12.9. The molecule has 35 heavy (non-hydrogen) atoms. The first-order valence-corrected chi connectivity index (χ1v) is 13.1. The Morgan fingerprint density at radius 3 is 2.49 bits per heavy atom. The predicted octanol–water partition coefficient (Wildman–Crippen LogP) is 5.78. The Hall–Kier alpha value is -2.57. The van der Waals surface area contributed by atoms with Crippen LogP contribution < -0.4 is 15.8 Å². The maximum Gasteiger partial charge on any atom is 0.255 e. The fourth-order valence-electron chi connectivity index (χ4n) is 5.31. The van der Waals surface area contributed by atoms with Gasteiger partial charge >= 0.3 is 0 Å². The Labute approximate surface area is 213 Å². The van der Waals surface area contributed by atoms with Crippen LogP contribution >= 0.6 is 11.6 Å². The van der Waals surface area contributed by atoms with Gasteiger partial charge in [-0.2, -0.15) is 0 Å². The van der Waals surface area contributed by atoms with Crippen molar-refractivity contribution in [2.75, 3.05) is 12.4 Å². The van der Waals surface area contributed by atoms with E-state index in [0.717, 1.165) is 56.9 Å². The standard InChI is InChI=1S/C28H36ClN3O3/c1-35-25-9-5-8-20(17-25)27(33)31-23-12-15-26(29)21(16-23)18-32(24-13-10-22(30)11-14-24)28(34)19-6-3-2-4-7-19/h5,8-9,12,15-17,19,22,24H,2-4,6-7,10-11,13-14,18,30H2,1H3,(H,31,33). The van der Waals surface area contributed by atoms with Gasteiger partial charge in [0, 0.05) is 40.8 Å². The second kappa shape index (κ2) is 11.9. The van der Waals surface area contributed by atoms with Crippen LogP contribution in [0.25, 0.3) is 0 Å². The minimum atomic E-state index is -0.228. The van der Waals surface area contributed by atoms with Gasteiger partial charge < -0.3 is 20.7 Å². The molecular formula is C28H36ClN3O3. The van der Waals surface area contributed by atoms with Gasteiger partial charge in [-0.25, -0.2) is 0 Å². The minimum absolute atomic E-state index is 0.0917. The quantitative estimate of drug-likeness (QED) is 0.507. The number of anilines is 1. The fraction of sp³-hybridized carbons (Fsp3) is 0.500. The lowest BCUT2D eigenvalue weighted by Gasteiger charge is -2.39. The number of nitrogens with zero attached hydrogens (tertiary/aromatic N) is 1.